The minimum absolute atomic E-state index is 0.0278. The van der Waals surface area contributed by atoms with E-state index in [2.05, 4.69) is 128 Å². The molecule has 0 N–H and O–H groups in total. The Morgan fingerprint density at radius 1 is 0.676 bits per heavy atom. The van der Waals surface area contributed by atoms with Crippen molar-refractivity contribution in [3.05, 3.63) is 99.6 Å². The van der Waals surface area contributed by atoms with Crippen LogP contribution in [0.4, 0.5) is 0 Å². The molecule has 0 saturated heterocycles. The minimum atomic E-state index is -0.0278. The molecule has 1 aromatic heterocycles. The fourth-order valence-electron chi connectivity index (χ4n) is 5.03. The summed E-state index contributed by atoms with van der Waals surface area (Å²) in [5.41, 5.74) is 7.81. The van der Waals surface area contributed by atoms with E-state index in [9.17, 15) is 4.79 Å². The molecule has 0 saturated carbocycles. The number of hydrogen-bond acceptors (Lipinski definition) is 1. The zero-order valence-electron chi connectivity index (χ0n) is 23.1. The van der Waals surface area contributed by atoms with Gasteiger partial charge < -0.3 is 0 Å². The van der Waals surface area contributed by atoms with Gasteiger partial charge in [-0.25, -0.2) is 0 Å². The second-order valence-electron chi connectivity index (χ2n) is 10.8. The number of rotatable bonds is 6. The zero-order chi connectivity index (χ0) is 27.4. The third-order valence-electron chi connectivity index (χ3n) is 6.91. The van der Waals surface area contributed by atoms with Crippen molar-refractivity contribution in [2.75, 3.05) is 0 Å². The first-order valence-electron chi connectivity index (χ1n) is 13.0. The molecule has 0 atom stereocenters. The number of halogens is 1. The van der Waals surface area contributed by atoms with Crippen LogP contribution in [-0.4, -0.2) is 4.57 Å². The van der Waals surface area contributed by atoms with Crippen LogP contribution >= 0.6 is 10.1 Å². The Hall–Kier alpha value is -2.39. The van der Waals surface area contributed by atoms with Gasteiger partial charge in [-0.05, 0) is 52.0 Å². The van der Waals surface area contributed by atoms with Crippen molar-refractivity contribution in [2.45, 2.75) is 79.1 Å². The molecule has 5 heteroatoms. The molecule has 0 unspecified atom stereocenters. The van der Waals surface area contributed by atoms with Gasteiger partial charge in [0.2, 0.25) is 0 Å². The molecule has 0 aliphatic rings. The van der Waals surface area contributed by atoms with Gasteiger partial charge in [-0.2, -0.15) is 0 Å². The van der Waals surface area contributed by atoms with E-state index in [1.807, 2.05) is 24.3 Å². The summed E-state index contributed by atoms with van der Waals surface area (Å²) in [5, 5.41) is 0.702. The van der Waals surface area contributed by atoms with Gasteiger partial charge in [0.1, 0.15) is 0 Å². The summed E-state index contributed by atoms with van der Waals surface area (Å²) >= 11 is 3.66. The molecule has 4 rings (SSSR count). The molecule has 37 heavy (non-hydrogen) atoms. The van der Waals surface area contributed by atoms with Crippen molar-refractivity contribution in [1.82, 2.24) is 4.57 Å². The van der Waals surface area contributed by atoms with Crippen molar-refractivity contribution >= 4 is 21.0 Å². The van der Waals surface area contributed by atoms with Crippen LogP contribution in [0.5, 0.6) is 0 Å². The van der Waals surface area contributed by atoms with E-state index >= 15 is 0 Å². The van der Waals surface area contributed by atoms with Crippen LogP contribution in [0, 0.1) is 6.33 Å². The van der Waals surface area contributed by atoms with Crippen LogP contribution in [0.1, 0.15) is 101 Å². The van der Waals surface area contributed by atoms with Crippen molar-refractivity contribution in [3.63, 3.8) is 0 Å². The monoisotopic (exact) mass is 564 g/mol. The van der Waals surface area contributed by atoms with Crippen molar-refractivity contribution in [2.24, 2.45) is 0 Å². The number of hydrogen-bond donors (Lipinski definition) is 0. The Morgan fingerprint density at radius 2 is 1.11 bits per heavy atom. The van der Waals surface area contributed by atoms with Crippen LogP contribution in [0.15, 0.2) is 65.5 Å². The molecule has 200 valence electrons. The van der Waals surface area contributed by atoms with Crippen molar-refractivity contribution in [1.29, 1.82) is 0 Å². The molecule has 4 aromatic rings. The van der Waals surface area contributed by atoms with E-state index < -0.39 is 0 Å². The maximum absolute atomic E-state index is 14.0. The average Bonchev–Trinajstić information content (AvgIpc) is 2.89. The van der Waals surface area contributed by atoms with Gasteiger partial charge in [-0.3, -0.25) is 13.9 Å². The van der Waals surface area contributed by atoms with Crippen molar-refractivity contribution < 1.29 is 19.7 Å². The Kier molecular flexibility index (Phi) is 9.80. The predicted molar refractivity (Wildman–Crippen MR) is 152 cm³/mol. The van der Waals surface area contributed by atoms with Crippen LogP contribution in [0.25, 0.3) is 22.3 Å². The van der Waals surface area contributed by atoms with E-state index in [1.54, 1.807) is 4.57 Å². The molecule has 0 bridgehead atoms. The van der Waals surface area contributed by atoms with Crippen LogP contribution < -0.4 is 10.1 Å². The number of benzene rings is 3. The Labute approximate surface area is 234 Å². The SMILES string of the molecule is CC(C)c1cccc(C(C)C)c1-n1[c-][n+](-c2c(C(C)C)cccc2C(C)C)c2ccccc2c1=O.[Cl][Cu]. The zero-order valence-corrected chi connectivity index (χ0v) is 24.8. The topological polar surface area (TPSA) is 25.9 Å². The number of nitrogens with zero attached hydrogens (tertiary/aromatic N) is 2. The van der Waals surface area contributed by atoms with Gasteiger partial charge in [0.15, 0.2) is 0 Å². The van der Waals surface area contributed by atoms with E-state index in [4.69, 9.17) is 0 Å². The summed E-state index contributed by atoms with van der Waals surface area (Å²) in [7, 11) is 4.20. The summed E-state index contributed by atoms with van der Waals surface area (Å²) < 4.78 is 3.93. The Bertz CT molecular complexity index is 1380. The molecule has 0 fully saturated rings. The predicted octanol–water partition coefficient (Wildman–Crippen LogP) is 8.25. The van der Waals surface area contributed by atoms with E-state index in [0.29, 0.717) is 17.2 Å². The Balaban J connectivity index is 0.00000186. The van der Waals surface area contributed by atoms with Gasteiger partial charge >= 0.3 is 25.2 Å². The molecular weight excluding hydrogens is 527 g/mol. The molecule has 0 radical (unpaired) electrons. The van der Waals surface area contributed by atoms with E-state index in [0.717, 1.165) is 28.0 Å². The Morgan fingerprint density at radius 3 is 1.57 bits per heavy atom. The van der Waals surface area contributed by atoms with Gasteiger partial charge in [0.05, 0.1) is 16.9 Å². The fraction of sp³-hybridized carbons (Fsp3) is 0.375. The molecule has 0 aliphatic carbocycles. The first kappa shape index (κ1) is 29.2. The summed E-state index contributed by atoms with van der Waals surface area (Å²) in [6, 6.07) is 20.9. The van der Waals surface area contributed by atoms with Crippen molar-refractivity contribution in [3.8, 4) is 11.4 Å². The van der Waals surface area contributed by atoms with Gasteiger partial charge in [0.25, 0.3) is 11.9 Å². The summed E-state index contributed by atoms with van der Waals surface area (Å²) in [6.07, 6.45) is 3.59. The first-order valence-corrected chi connectivity index (χ1v) is 14.3. The fourth-order valence-corrected chi connectivity index (χ4v) is 5.03. The molecule has 3 aromatic carbocycles. The summed E-state index contributed by atoms with van der Waals surface area (Å²) in [6.45, 7) is 17.7. The number of fused-ring (bicyclic) bond motifs is 1. The van der Waals surface area contributed by atoms with Gasteiger partial charge in [0, 0.05) is 5.39 Å². The first-order chi connectivity index (χ1) is 17.6. The molecule has 0 spiro atoms. The van der Waals surface area contributed by atoms with Gasteiger partial charge in [-0.1, -0.05) is 110 Å². The molecule has 0 aliphatic heterocycles. The van der Waals surface area contributed by atoms with Crippen LogP contribution in [0.3, 0.4) is 0 Å². The van der Waals surface area contributed by atoms with Gasteiger partial charge in [-0.15, -0.1) is 0 Å². The van der Waals surface area contributed by atoms with Crippen LogP contribution in [0.2, 0.25) is 0 Å². The standard InChI is InChI=1S/C32H38N2O.ClH.Cu/c1-20(2)24-14-11-15-25(21(3)4)30(24)33-19-34(32(35)28-13-9-10-18-29(28)33)31-26(22(5)6)16-12-17-27(31)23(7)8;;/h9-18,20-23H,1-8H3;1H;/q;;+1/p-1. The molecule has 3 nitrogen and oxygen atoms in total. The summed E-state index contributed by atoms with van der Waals surface area (Å²) in [5.74, 6) is 1.21. The third kappa shape index (κ3) is 5.72. The average molecular weight is 566 g/mol. The van der Waals surface area contributed by atoms with E-state index in [1.165, 1.54) is 11.1 Å². The quantitative estimate of drug-likeness (QED) is 0.131. The number of para-hydroxylation sites is 3. The normalized spacial score (nSPS) is 11.5. The second kappa shape index (κ2) is 12.4. The van der Waals surface area contributed by atoms with Crippen LogP contribution in [-0.2, 0) is 15.1 Å². The summed E-state index contributed by atoms with van der Waals surface area (Å²) in [4.78, 5) is 14.0. The second-order valence-corrected chi connectivity index (χ2v) is 10.8. The maximum atomic E-state index is 14.0. The third-order valence-corrected chi connectivity index (χ3v) is 6.91. The molecule has 0 amide bonds. The number of aromatic nitrogens is 2. The molecule has 1 heterocycles. The van der Waals surface area contributed by atoms with E-state index in [-0.39, 0.29) is 17.4 Å². The molecular formula is C32H38ClCuN2O.